The molecule has 0 spiro atoms. The summed E-state index contributed by atoms with van der Waals surface area (Å²) in [6.07, 6.45) is 3.58. The number of nitrogens with one attached hydrogen (secondary N) is 1. The zero-order chi connectivity index (χ0) is 17.2. The zero-order valence-corrected chi connectivity index (χ0v) is 13.6. The number of benzene rings is 2. The molecule has 2 aromatic carbocycles. The third kappa shape index (κ3) is 2.94. The smallest absolute Gasteiger partial charge is 0.266 e. The fraction of sp³-hybridized carbons (Fsp3) is 0.158. The van der Waals surface area contributed by atoms with Crippen molar-refractivity contribution in [3.05, 3.63) is 55.4 Å². The minimum absolute atomic E-state index is 0.117. The second kappa shape index (κ2) is 6.32. The highest BCUT2D eigenvalue weighted by Gasteiger charge is 2.17. The van der Waals surface area contributed by atoms with Crippen LogP contribution in [0.4, 0.5) is 5.69 Å². The van der Waals surface area contributed by atoms with Crippen LogP contribution in [0.5, 0.6) is 11.5 Å². The van der Waals surface area contributed by atoms with Gasteiger partial charge in [0.2, 0.25) is 6.33 Å². The molecule has 1 N–H and O–H groups in total. The topological polar surface area (TPSA) is 56.4 Å². The van der Waals surface area contributed by atoms with Gasteiger partial charge in [-0.25, -0.2) is 9.13 Å². The number of anilines is 1. The Morgan fingerprint density at radius 3 is 2.84 bits per heavy atom. The van der Waals surface area contributed by atoms with Crippen LogP contribution in [0.25, 0.3) is 17.2 Å². The number of carbonyl (C=O) groups excluding carboxylic acids is 1. The predicted octanol–water partition coefficient (Wildman–Crippen LogP) is 2.44. The van der Waals surface area contributed by atoms with Crippen LogP contribution >= 0.6 is 0 Å². The number of para-hydroxylation sites is 2. The number of imidazole rings is 1. The third-order valence-corrected chi connectivity index (χ3v) is 4.07. The second-order valence-electron chi connectivity index (χ2n) is 5.73. The Labute approximate surface area is 144 Å². The van der Waals surface area contributed by atoms with Crippen molar-refractivity contribution in [3.63, 3.8) is 0 Å². The quantitative estimate of drug-likeness (QED) is 0.745. The summed E-state index contributed by atoms with van der Waals surface area (Å²) in [6.45, 7) is 5.07. The molecule has 6 nitrogen and oxygen atoms in total. The van der Waals surface area contributed by atoms with Gasteiger partial charge in [0.15, 0.2) is 29.1 Å². The van der Waals surface area contributed by atoms with E-state index in [1.54, 1.807) is 18.3 Å². The summed E-state index contributed by atoms with van der Waals surface area (Å²) in [5.41, 5.74) is 2.66. The van der Waals surface area contributed by atoms with E-state index >= 15 is 0 Å². The lowest BCUT2D eigenvalue weighted by Gasteiger charge is -2.18. The van der Waals surface area contributed by atoms with E-state index in [0.29, 0.717) is 30.4 Å². The maximum atomic E-state index is 12.5. The first-order chi connectivity index (χ1) is 12.2. The highest BCUT2D eigenvalue weighted by molar-refractivity contribution is 5.90. The van der Waals surface area contributed by atoms with Crippen LogP contribution in [0.3, 0.4) is 0 Å². The van der Waals surface area contributed by atoms with E-state index in [4.69, 9.17) is 9.47 Å². The first-order valence-electron chi connectivity index (χ1n) is 8.05. The van der Waals surface area contributed by atoms with Gasteiger partial charge in [-0.15, -0.1) is 0 Å². The molecule has 0 saturated heterocycles. The van der Waals surface area contributed by atoms with Gasteiger partial charge in [-0.3, -0.25) is 4.79 Å². The number of carbonyl (C=O) groups is 1. The molecule has 25 heavy (non-hydrogen) atoms. The summed E-state index contributed by atoms with van der Waals surface area (Å²) < 4.78 is 14.8. The Bertz CT molecular complexity index is 962. The van der Waals surface area contributed by atoms with Crippen molar-refractivity contribution in [1.29, 1.82) is 0 Å². The van der Waals surface area contributed by atoms with Crippen LogP contribution in [0.15, 0.2) is 55.4 Å². The molecule has 3 aromatic rings. The maximum Gasteiger partial charge on any atom is 0.266 e. The molecule has 2 heterocycles. The van der Waals surface area contributed by atoms with Crippen LogP contribution < -0.4 is 19.4 Å². The second-order valence-corrected chi connectivity index (χ2v) is 5.73. The highest BCUT2D eigenvalue weighted by atomic mass is 16.6. The number of amides is 1. The first-order valence-corrected chi connectivity index (χ1v) is 8.05. The van der Waals surface area contributed by atoms with Gasteiger partial charge >= 0.3 is 0 Å². The Morgan fingerprint density at radius 2 is 2.00 bits per heavy atom. The molecule has 126 valence electrons. The van der Waals surface area contributed by atoms with E-state index in [-0.39, 0.29) is 12.5 Å². The van der Waals surface area contributed by atoms with Gasteiger partial charge in [-0.2, -0.15) is 0 Å². The van der Waals surface area contributed by atoms with Crippen LogP contribution in [0, 0.1) is 0 Å². The number of ether oxygens (including phenoxy) is 2. The van der Waals surface area contributed by atoms with Crippen molar-refractivity contribution in [2.45, 2.75) is 6.54 Å². The highest BCUT2D eigenvalue weighted by Crippen LogP contribution is 2.32. The van der Waals surface area contributed by atoms with Crippen molar-refractivity contribution in [2.75, 3.05) is 18.5 Å². The average molecular weight is 336 g/mol. The summed E-state index contributed by atoms with van der Waals surface area (Å²) >= 11 is 0. The third-order valence-electron chi connectivity index (χ3n) is 4.07. The standard InChI is InChI=1S/C19H17N3O3/c1-2-21-13-22(16-6-4-3-5-15(16)21)12-19(23)20-14-7-8-17-18(11-14)25-10-9-24-17/h2-8,11,13H,1,9-10,12H2/p+1. The van der Waals surface area contributed by atoms with Gasteiger partial charge in [0, 0.05) is 11.8 Å². The van der Waals surface area contributed by atoms with E-state index < -0.39 is 0 Å². The molecule has 0 bridgehead atoms. The molecule has 0 saturated carbocycles. The average Bonchev–Trinajstić information content (AvgIpc) is 2.99. The van der Waals surface area contributed by atoms with Crippen molar-refractivity contribution in [1.82, 2.24) is 4.57 Å². The van der Waals surface area contributed by atoms with Gasteiger partial charge in [0.05, 0.1) is 6.20 Å². The van der Waals surface area contributed by atoms with E-state index in [2.05, 4.69) is 11.9 Å². The summed E-state index contributed by atoms with van der Waals surface area (Å²) in [5, 5.41) is 2.90. The molecule has 1 amide bonds. The van der Waals surface area contributed by atoms with Gasteiger partial charge in [-0.05, 0) is 24.3 Å². The molecule has 0 unspecified atom stereocenters. The van der Waals surface area contributed by atoms with Crippen molar-refractivity contribution in [3.8, 4) is 11.5 Å². The number of aromatic nitrogens is 2. The Kier molecular flexibility index (Phi) is 3.85. The van der Waals surface area contributed by atoms with E-state index in [0.717, 1.165) is 11.0 Å². The van der Waals surface area contributed by atoms with Crippen LogP contribution in [-0.4, -0.2) is 23.7 Å². The Hall–Kier alpha value is -3.28. The normalized spacial score (nSPS) is 12.8. The van der Waals surface area contributed by atoms with Gasteiger partial charge in [0.1, 0.15) is 13.2 Å². The minimum Gasteiger partial charge on any atom is -0.486 e. The van der Waals surface area contributed by atoms with Gasteiger partial charge in [0.25, 0.3) is 5.91 Å². The Balaban J connectivity index is 1.54. The monoisotopic (exact) mass is 336 g/mol. The number of hydrogen-bond donors (Lipinski definition) is 1. The fourth-order valence-electron chi connectivity index (χ4n) is 2.95. The van der Waals surface area contributed by atoms with Gasteiger partial charge < -0.3 is 14.8 Å². The lowest BCUT2D eigenvalue weighted by molar-refractivity contribution is -0.658. The lowest BCUT2D eigenvalue weighted by Crippen LogP contribution is -2.39. The molecule has 1 aromatic heterocycles. The van der Waals surface area contributed by atoms with Crippen molar-refractivity contribution in [2.24, 2.45) is 0 Å². The summed E-state index contributed by atoms with van der Waals surface area (Å²) in [7, 11) is 0. The number of hydrogen-bond acceptors (Lipinski definition) is 3. The van der Waals surface area contributed by atoms with Crippen molar-refractivity contribution < 1.29 is 18.8 Å². The molecule has 0 fully saturated rings. The molecule has 0 aliphatic carbocycles. The lowest BCUT2D eigenvalue weighted by atomic mass is 10.2. The zero-order valence-electron chi connectivity index (χ0n) is 13.6. The molecule has 4 rings (SSSR count). The fourth-order valence-corrected chi connectivity index (χ4v) is 2.95. The number of nitrogens with zero attached hydrogens (tertiary/aromatic N) is 2. The molecule has 6 heteroatoms. The van der Waals surface area contributed by atoms with E-state index in [9.17, 15) is 4.79 Å². The number of rotatable bonds is 4. The molecule has 0 atom stereocenters. The summed E-state index contributed by atoms with van der Waals surface area (Å²) in [4.78, 5) is 12.5. The first kappa shape index (κ1) is 15.3. The SMILES string of the molecule is C=Cn1c[n+](CC(=O)Nc2ccc3c(c2)OCCO3)c2ccccc21. The largest absolute Gasteiger partial charge is 0.486 e. The molecular formula is C19H18N3O3+. The molecule has 1 aliphatic heterocycles. The predicted molar refractivity (Wildman–Crippen MR) is 94.6 cm³/mol. The van der Waals surface area contributed by atoms with Crippen molar-refractivity contribution >= 4 is 28.8 Å². The molecular weight excluding hydrogens is 318 g/mol. The van der Waals surface area contributed by atoms with E-state index in [1.165, 1.54) is 0 Å². The van der Waals surface area contributed by atoms with Crippen LogP contribution in [0.2, 0.25) is 0 Å². The Morgan fingerprint density at radius 1 is 1.20 bits per heavy atom. The summed E-state index contributed by atoms with van der Waals surface area (Å²) in [5.74, 6) is 1.24. The number of fused-ring (bicyclic) bond motifs is 2. The molecule has 0 radical (unpaired) electrons. The van der Waals surface area contributed by atoms with Gasteiger partial charge in [-0.1, -0.05) is 18.7 Å². The minimum atomic E-state index is -0.117. The maximum absolute atomic E-state index is 12.5. The van der Waals surface area contributed by atoms with E-state index in [1.807, 2.05) is 45.8 Å². The molecule has 1 aliphatic rings. The summed E-state index contributed by atoms with van der Waals surface area (Å²) in [6, 6.07) is 13.3. The van der Waals surface area contributed by atoms with Crippen LogP contribution in [0.1, 0.15) is 0 Å². The van der Waals surface area contributed by atoms with Crippen LogP contribution in [-0.2, 0) is 11.3 Å².